The Kier molecular flexibility index (Phi) is 7.40. The molecule has 0 unspecified atom stereocenters. The average Bonchev–Trinajstić information content (AvgIpc) is 3.17. The molecule has 2 heterocycles. The number of allylic oxidation sites excluding steroid dienone is 3. The van der Waals surface area contributed by atoms with Gasteiger partial charge in [-0.2, -0.15) is 10.5 Å². The van der Waals surface area contributed by atoms with Crippen LogP contribution in [0.1, 0.15) is 0 Å². The van der Waals surface area contributed by atoms with Crippen LogP contribution in [0.4, 0.5) is 11.4 Å². The van der Waals surface area contributed by atoms with Gasteiger partial charge in [0.2, 0.25) is 0 Å². The van der Waals surface area contributed by atoms with Crippen LogP contribution < -0.4 is 36.3 Å². The highest BCUT2D eigenvalue weighted by atomic mass is 31.2. The van der Waals surface area contributed by atoms with Gasteiger partial charge in [0.15, 0.2) is 8.07 Å². The Balaban J connectivity index is 1.47. The van der Waals surface area contributed by atoms with E-state index in [0.717, 1.165) is 27.7 Å². The van der Waals surface area contributed by atoms with Crippen molar-refractivity contribution in [1.82, 2.24) is 0 Å². The van der Waals surface area contributed by atoms with Crippen molar-refractivity contribution in [2.24, 2.45) is 0 Å². The van der Waals surface area contributed by atoms with Gasteiger partial charge in [-0.1, -0.05) is 158 Å². The van der Waals surface area contributed by atoms with Crippen LogP contribution in [0.2, 0.25) is 0 Å². The molecule has 5 heteroatoms. The van der Waals surface area contributed by atoms with Crippen molar-refractivity contribution in [3.05, 3.63) is 193 Å². The summed E-state index contributed by atoms with van der Waals surface area (Å²) in [5.74, 6) is 0. The Labute approximate surface area is 282 Å². The van der Waals surface area contributed by atoms with E-state index in [1.807, 2.05) is 48.6 Å². The summed E-state index contributed by atoms with van der Waals surface area (Å²) >= 11 is 0. The summed E-state index contributed by atoms with van der Waals surface area (Å²) in [6.07, 6.45) is 4.09. The van der Waals surface area contributed by atoms with Crippen LogP contribution >= 0.6 is 6.89 Å². The quantitative estimate of drug-likeness (QED) is 0.166. The lowest BCUT2D eigenvalue weighted by molar-refractivity contribution is 1.21. The smallest absolute Gasteiger partial charge is 0.184 e. The summed E-state index contributed by atoms with van der Waals surface area (Å²) in [6.45, 7) is -2.73. The van der Waals surface area contributed by atoms with Crippen molar-refractivity contribution >= 4 is 63.0 Å². The molecule has 0 N–H and O–H groups in total. The fourth-order valence-electron chi connectivity index (χ4n) is 7.69. The number of rotatable bonds is 5. The van der Waals surface area contributed by atoms with Crippen molar-refractivity contribution in [2.45, 2.75) is 0 Å². The number of hydrogen-bond donors (Lipinski definition) is 0. The standard InChI is InChI=1S/C43H30N3PSi/c44-31-36-29-33(30-37(32-45)47(36,34-17-5-1-6-18-34)35-19-7-2-8-20-35)46-40-25-13-15-27-42(40)48(38-21-9-3-10-22-38,39-23-11-4-12-24-39)43-28-16-14-26-41(43)46/h1-30H. The van der Waals surface area contributed by atoms with Gasteiger partial charge in [0.1, 0.15) is 12.1 Å². The highest BCUT2D eigenvalue weighted by Crippen LogP contribution is 2.57. The van der Waals surface area contributed by atoms with E-state index in [1.165, 1.54) is 20.7 Å². The predicted octanol–water partition coefficient (Wildman–Crippen LogP) is 6.19. The molecule has 226 valence electrons. The van der Waals surface area contributed by atoms with Crippen LogP contribution in [-0.2, 0) is 0 Å². The molecular weight excluding hydrogens is 618 g/mol. The van der Waals surface area contributed by atoms with E-state index in [0.29, 0.717) is 10.6 Å². The molecule has 0 saturated carbocycles. The number of para-hydroxylation sites is 2. The molecule has 6 aromatic carbocycles. The van der Waals surface area contributed by atoms with Gasteiger partial charge in [-0.15, -0.1) is 0 Å². The number of fused-ring (bicyclic) bond motifs is 2. The fourth-order valence-corrected chi connectivity index (χ4v) is 16.7. The molecule has 2 aliphatic rings. The van der Waals surface area contributed by atoms with E-state index in [-0.39, 0.29) is 0 Å². The van der Waals surface area contributed by atoms with Crippen molar-refractivity contribution in [3.8, 4) is 12.1 Å². The van der Waals surface area contributed by atoms with E-state index in [1.54, 1.807) is 0 Å². The molecule has 0 radical (unpaired) electrons. The second-order valence-electron chi connectivity index (χ2n) is 11.9. The molecule has 0 saturated heterocycles. The van der Waals surface area contributed by atoms with Crippen molar-refractivity contribution < 1.29 is 0 Å². The third-order valence-corrected chi connectivity index (χ3v) is 18.5. The lowest BCUT2D eigenvalue weighted by atomic mass is 10.1. The van der Waals surface area contributed by atoms with E-state index < -0.39 is 15.0 Å². The molecule has 0 aliphatic carbocycles. The number of hydrogen-bond acceptors (Lipinski definition) is 3. The molecular formula is C43H30N3PSi. The maximum atomic E-state index is 11.0. The van der Waals surface area contributed by atoms with Gasteiger partial charge in [-0.25, -0.2) is 0 Å². The predicted molar refractivity (Wildman–Crippen MR) is 204 cm³/mol. The van der Waals surface area contributed by atoms with Crippen LogP contribution in [0, 0.1) is 22.7 Å². The van der Waals surface area contributed by atoms with Gasteiger partial charge in [0.25, 0.3) is 0 Å². The van der Waals surface area contributed by atoms with E-state index in [2.05, 4.69) is 150 Å². The molecule has 0 spiro atoms. The highest BCUT2D eigenvalue weighted by Gasteiger charge is 2.49. The molecule has 2 aliphatic heterocycles. The van der Waals surface area contributed by atoms with Crippen LogP contribution in [0.3, 0.4) is 0 Å². The molecule has 0 amide bonds. The molecule has 0 fully saturated rings. The van der Waals surface area contributed by atoms with Crippen molar-refractivity contribution in [1.29, 1.82) is 10.5 Å². The lowest BCUT2D eigenvalue weighted by Gasteiger charge is -2.45. The summed E-state index contributed by atoms with van der Waals surface area (Å²) in [5.41, 5.74) is 2.95. The minimum Gasteiger partial charge on any atom is -0.311 e. The Morgan fingerprint density at radius 2 is 0.875 bits per heavy atom. The van der Waals surface area contributed by atoms with Gasteiger partial charge in [-0.05, 0) is 55.6 Å². The Hall–Kier alpha value is -5.90. The summed E-state index contributed by atoms with van der Waals surface area (Å²) < 4.78 is 0. The average molecular weight is 648 g/mol. The van der Waals surface area contributed by atoms with E-state index >= 15 is 0 Å². The first-order valence-electron chi connectivity index (χ1n) is 16.0. The number of nitrogens with zero attached hydrogens (tertiary/aromatic N) is 3. The molecule has 0 aromatic heterocycles. The van der Waals surface area contributed by atoms with Gasteiger partial charge in [0.05, 0.1) is 10.6 Å². The van der Waals surface area contributed by atoms with Gasteiger partial charge in [0, 0.05) is 24.0 Å². The molecule has 0 bridgehead atoms. The molecule has 0 atom stereocenters. The van der Waals surface area contributed by atoms with E-state index in [4.69, 9.17) is 0 Å². The maximum absolute atomic E-state index is 11.0. The zero-order valence-electron chi connectivity index (χ0n) is 26.1. The summed E-state index contributed by atoms with van der Waals surface area (Å²) in [5, 5.41) is 30.4. The molecule has 8 rings (SSSR count). The number of benzene rings is 6. The summed E-state index contributed by atoms with van der Waals surface area (Å²) in [4.78, 5) is 2.28. The zero-order chi connectivity index (χ0) is 32.6. The minimum absolute atomic E-state index is 0.615. The van der Waals surface area contributed by atoms with Crippen LogP contribution in [-0.4, -0.2) is 13.4 Å². The first kappa shape index (κ1) is 29.5. The Morgan fingerprint density at radius 1 is 0.458 bits per heavy atom. The number of anilines is 2. The zero-order valence-corrected chi connectivity index (χ0v) is 28.0. The maximum Gasteiger partial charge on any atom is 0.184 e. The third-order valence-electron chi connectivity index (χ3n) is 9.58. The second-order valence-corrected chi connectivity index (χ2v) is 19.0. The monoisotopic (exact) mass is 647 g/mol. The summed E-state index contributed by atoms with van der Waals surface area (Å²) in [6, 6.07) is 64.7. The Bertz CT molecular complexity index is 2240. The van der Waals surface area contributed by atoms with Crippen LogP contribution in [0.15, 0.2) is 193 Å². The SMILES string of the molecule is N#CC1=CC(N2c3ccccc3[Si](c3ccccc3)(c3ccccc3)c3ccccc32)=CC(C#N)=P1(c1ccccc1)c1ccccc1. The number of nitriles is 2. The first-order chi connectivity index (χ1) is 23.7. The summed E-state index contributed by atoms with van der Waals surface area (Å²) in [7, 11) is -2.79. The lowest BCUT2D eigenvalue weighted by Crippen LogP contribution is -2.77. The largest absolute Gasteiger partial charge is 0.311 e. The van der Waals surface area contributed by atoms with Gasteiger partial charge in [-0.3, -0.25) is 0 Å². The second kappa shape index (κ2) is 12.0. The van der Waals surface area contributed by atoms with Crippen LogP contribution in [0.25, 0.3) is 0 Å². The van der Waals surface area contributed by atoms with E-state index in [9.17, 15) is 10.5 Å². The molecule has 48 heavy (non-hydrogen) atoms. The van der Waals surface area contributed by atoms with Gasteiger partial charge >= 0.3 is 0 Å². The molecule has 3 nitrogen and oxygen atoms in total. The third kappa shape index (κ3) is 4.25. The van der Waals surface area contributed by atoms with Crippen molar-refractivity contribution in [2.75, 3.05) is 4.90 Å². The minimum atomic E-state index is -2.79. The highest BCUT2D eigenvalue weighted by molar-refractivity contribution is 7.93. The normalized spacial score (nSPS) is 15.5. The van der Waals surface area contributed by atoms with Crippen LogP contribution in [0.5, 0.6) is 0 Å². The Morgan fingerprint density at radius 3 is 1.31 bits per heavy atom. The van der Waals surface area contributed by atoms with Gasteiger partial charge < -0.3 is 4.90 Å². The first-order valence-corrected chi connectivity index (χ1v) is 19.8. The van der Waals surface area contributed by atoms with Crippen molar-refractivity contribution in [3.63, 3.8) is 0 Å². The fraction of sp³-hybridized carbons (Fsp3) is 0. The molecule has 6 aromatic rings. The topological polar surface area (TPSA) is 50.8 Å².